The molecule has 5 heteroatoms. The molecule has 2 amide bonds. The lowest BCUT2D eigenvalue weighted by Crippen LogP contribution is -2.54. The first-order valence-electron chi connectivity index (χ1n) is 10.5. The van der Waals surface area contributed by atoms with E-state index in [0.717, 1.165) is 61.3 Å². The fourth-order valence-electron chi connectivity index (χ4n) is 4.75. The van der Waals surface area contributed by atoms with Gasteiger partial charge in [-0.1, -0.05) is 42.5 Å². The molecular weight excluding hydrogens is 362 g/mol. The SMILES string of the molecule is Cc1c(CNC(=O)N2CCN(C3Cc4ccccc4C3)CC2)oc2ccccc12. The molecule has 29 heavy (non-hydrogen) atoms. The predicted octanol–water partition coefficient (Wildman–Crippen LogP) is 3.74. The third kappa shape index (κ3) is 3.51. The number of nitrogens with one attached hydrogen (secondary N) is 1. The molecule has 1 aliphatic heterocycles. The van der Waals surface area contributed by atoms with Gasteiger partial charge in [-0.3, -0.25) is 4.90 Å². The Hall–Kier alpha value is -2.79. The summed E-state index contributed by atoms with van der Waals surface area (Å²) in [5.74, 6) is 0.835. The Balaban J connectivity index is 1.14. The van der Waals surface area contributed by atoms with E-state index in [-0.39, 0.29) is 6.03 Å². The van der Waals surface area contributed by atoms with Crippen molar-refractivity contribution >= 4 is 17.0 Å². The molecule has 1 aliphatic carbocycles. The molecular formula is C24H27N3O2. The number of fused-ring (bicyclic) bond motifs is 2. The smallest absolute Gasteiger partial charge is 0.317 e. The van der Waals surface area contributed by atoms with Gasteiger partial charge in [0, 0.05) is 43.2 Å². The number of aryl methyl sites for hydroxylation is 1. The summed E-state index contributed by atoms with van der Waals surface area (Å²) in [7, 11) is 0. The van der Waals surface area contributed by atoms with Crippen molar-refractivity contribution in [3.05, 3.63) is 71.0 Å². The summed E-state index contributed by atoms with van der Waals surface area (Å²) in [4.78, 5) is 17.1. The van der Waals surface area contributed by atoms with Gasteiger partial charge in [0.2, 0.25) is 0 Å². The van der Waals surface area contributed by atoms with Gasteiger partial charge in [0.1, 0.15) is 11.3 Å². The number of rotatable bonds is 3. The van der Waals surface area contributed by atoms with Gasteiger partial charge in [-0.2, -0.15) is 0 Å². The van der Waals surface area contributed by atoms with Crippen LogP contribution in [-0.4, -0.2) is 48.1 Å². The van der Waals surface area contributed by atoms with Crippen LogP contribution in [0.2, 0.25) is 0 Å². The third-order valence-electron chi connectivity index (χ3n) is 6.49. The molecule has 1 N–H and O–H groups in total. The highest BCUT2D eigenvalue weighted by Gasteiger charge is 2.30. The predicted molar refractivity (Wildman–Crippen MR) is 114 cm³/mol. The Morgan fingerprint density at radius 3 is 2.34 bits per heavy atom. The molecule has 1 fully saturated rings. The Bertz CT molecular complexity index is 1010. The van der Waals surface area contributed by atoms with Gasteiger partial charge >= 0.3 is 6.03 Å². The molecule has 5 rings (SSSR count). The first kappa shape index (κ1) is 18.3. The first-order chi connectivity index (χ1) is 14.2. The number of piperazine rings is 1. The van der Waals surface area contributed by atoms with Crippen LogP contribution in [-0.2, 0) is 19.4 Å². The van der Waals surface area contributed by atoms with E-state index in [1.165, 1.54) is 11.1 Å². The summed E-state index contributed by atoms with van der Waals surface area (Å²) < 4.78 is 5.91. The summed E-state index contributed by atoms with van der Waals surface area (Å²) in [5.41, 5.74) is 4.95. The number of carbonyl (C=O) groups excluding carboxylic acids is 1. The number of benzene rings is 2. The normalized spacial score (nSPS) is 17.6. The zero-order chi connectivity index (χ0) is 19.8. The lowest BCUT2D eigenvalue weighted by molar-refractivity contribution is 0.110. The zero-order valence-corrected chi connectivity index (χ0v) is 16.9. The van der Waals surface area contributed by atoms with E-state index >= 15 is 0 Å². The highest BCUT2D eigenvalue weighted by molar-refractivity contribution is 5.82. The number of hydrogen-bond donors (Lipinski definition) is 1. The van der Waals surface area contributed by atoms with Crippen molar-refractivity contribution in [3.8, 4) is 0 Å². The molecule has 0 spiro atoms. The van der Waals surface area contributed by atoms with Gasteiger partial charge in [0.25, 0.3) is 0 Å². The number of urea groups is 1. The highest BCUT2D eigenvalue weighted by atomic mass is 16.3. The average molecular weight is 389 g/mol. The number of carbonyl (C=O) groups is 1. The van der Waals surface area contributed by atoms with Crippen LogP contribution in [0, 0.1) is 6.92 Å². The highest BCUT2D eigenvalue weighted by Crippen LogP contribution is 2.26. The van der Waals surface area contributed by atoms with Crippen molar-refractivity contribution in [2.45, 2.75) is 32.4 Å². The van der Waals surface area contributed by atoms with Crippen LogP contribution in [0.25, 0.3) is 11.0 Å². The van der Waals surface area contributed by atoms with Gasteiger partial charge in [-0.15, -0.1) is 0 Å². The first-order valence-corrected chi connectivity index (χ1v) is 10.5. The van der Waals surface area contributed by atoms with Crippen LogP contribution < -0.4 is 5.32 Å². The number of nitrogens with zero attached hydrogens (tertiary/aromatic N) is 2. The molecule has 1 aromatic heterocycles. The molecule has 0 radical (unpaired) electrons. The Morgan fingerprint density at radius 2 is 1.66 bits per heavy atom. The zero-order valence-electron chi connectivity index (χ0n) is 16.9. The van der Waals surface area contributed by atoms with Gasteiger partial charge < -0.3 is 14.6 Å². The molecule has 2 aromatic carbocycles. The van der Waals surface area contributed by atoms with E-state index in [2.05, 4.69) is 40.5 Å². The topological polar surface area (TPSA) is 48.7 Å². The van der Waals surface area contributed by atoms with E-state index in [1.807, 2.05) is 30.0 Å². The minimum absolute atomic E-state index is 0.000728. The maximum atomic E-state index is 12.7. The minimum Gasteiger partial charge on any atom is -0.459 e. The van der Waals surface area contributed by atoms with Crippen LogP contribution in [0.3, 0.4) is 0 Å². The van der Waals surface area contributed by atoms with Gasteiger partial charge in [0.15, 0.2) is 0 Å². The second-order valence-electron chi connectivity index (χ2n) is 8.16. The van der Waals surface area contributed by atoms with E-state index in [0.29, 0.717) is 12.6 Å². The average Bonchev–Trinajstić information content (AvgIpc) is 3.34. The van der Waals surface area contributed by atoms with Crippen LogP contribution >= 0.6 is 0 Å². The summed E-state index contributed by atoms with van der Waals surface area (Å²) in [6.07, 6.45) is 2.27. The Kier molecular flexibility index (Phi) is 4.76. The van der Waals surface area contributed by atoms with Crippen LogP contribution in [0.4, 0.5) is 4.79 Å². The molecule has 2 aliphatic rings. The van der Waals surface area contributed by atoms with Crippen molar-refractivity contribution in [2.75, 3.05) is 26.2 Å². The maximum Gasteiger partial charge on any atom is 0.317 e. The van der Waals surface area contributed by atoms with Crippen molar-refractivity contribution in [1.82, 2.24) is 15.1 Å². The lowest BCUT2D eigenvalue weighted by atomic mass is 10.1. The maximum absolute atomic E-state index is 12.7. The summed E-state index contributed by atoms with van der Waals surface area (Å²) in [6, 6.07) is 17.3. The molecule has 0 bridgehead atoms. The molecule has 150 valence electrons. The second-order valence-corrected chi connectivity index (χ2v) is 8.16. The van der Waals surface area contributed by atoms with E-state index in [4.69, 9.17) is 4.42 Å². The van der Waals surface area contributed by atoms with Gasteiger partial charge in [-0.25, -0.2) is 4.79 Å². The van der Waals surface area contributed by atoms with E-state index in [9.17, 15) is 4.79 Å². The van der Waals surface area contributed by atoms with E-state index < -0.39 is 0 Å². The standard InChI is InChI=1S/C24H27N3O2/c1-17-21-8-4-5-9-22(21)29-23(17)16-25-24(28)27-12-10-26(11-13-27)20-14-18-6-2-3-7-19(18)15-20/h2-9,20H,10-16H2,1H3,(H,25,28). The van der Waals surface area contributed by atoms with Crippen LogP contribution in [0.5, 0.6) is 0 Å². The van der Waals surface area contributed by atoms with Crippen molar-refractivity contribution in [1.29, 1.82) is 0 Å². The molecule has 1 saturated heterocycles. The quantitative estimate of drug-likeness (QED) is 0.742. The fourth-order valence-corrected chi connectivity index (χ4v) is 4.75. The largest absolute Gasteiger partial charge is 0.459 e. The summed E-state index contributed by atoms with van der Waals surface area (Å²) in [6.45, 7) is 5.91. The number of para-hydroxylation sites is 1. The van der Waals surface area contributed by atoms with Crippen molar-refractivity contribution in [2.24, 2.45) is 0 Å². The molecule has 0 saturated carbocycles. The molecule has 3 aromatic rings. The van der Waals surface area contributed by atoms with Gasteiger partial charge in [-0.05, 0) is 37.0 Å². The lowest BCUT2D eigenvalue weighted by Gasteiger charge is -2.38. The fraction of sp³-hybridized carbons (Fsp3) is 0.375. The number of furan rings is 1. The number of amides is 2. The summed E-state index contributed by atoms with van der Waals surface area (Å²) in [5, 5.41) is 4.16. The summed E-state index contributed by atoms with van der Waals surface area (Å²) >= 11 is 0. The van der Waals surface area contributed by atoms with Gasteiger partial charge in [0.05, 0.1) is 6.54 Å². The number of hydrogen-bond acceptors (Lipinski definition) is 3. The Labute approximate surface area is 171 Å². The molecule has 2 heterocycles. The second kappa shape index (κ2) is 7.56. The van der Waals surface area contributed by atoms with Crippen molar-refractivity contribution in [3.63, 3.8) is 0 Å². The molecule has 5 nitrogen and oxygen atoms in total. The van der Waals surface area contributed by atoms with Crippen molar-refractivity contribution < 1.29 is 9.21 Å². The van der Waals surface area contributed by atoms with Crippen LogP contribution in [0.15, 0.2) is 52.9 Å². The molecule has 0 unspecified atom stereocenters. The van der Waals surface area contributed by atoms with Crippen LogP contribution in [0.1, 0.15) is 22.5 Å². The minimum atomic E-state index is -0.000728. The monoisotopic (exact) mass is 389 g/mol. The molecule has 0 atom stereocenters. The van der Waals surface area contributed by atoms with E-state index in [1.54, 1.807) is 0 Å². The Morgan fingerprint density at radius 1 is 1.00 bits per heavy atom. The third-order valence-corrected chi connectivity index (χ3v) is 6.49.